The zero-order valence-corrected chi connectivity index (χ0v) is 11.2. The number of amides is 2. The van der Waals surface area contributed by atoms with Gasteiger partial charge in [0, 0.05) is 31.4 Å². The summed E-state index contributed by atoms with van der Waals surface area (Å²) in [7, 11) is 0. The molecule has 4 N–H and O–H groups in total. The lowest BCUT2D eigenvalue weighted by Crippen LogP contribution is -2.44. The molecule has 0 spiro atoms. The molecular formula is C13H16N4O4. The lowest BCUT2D eigenvalue weighted by molar-refractivity contribution is -0.147. The molecule has 2 heterocycles. The molecule has 0 radical (unpaired) electrons. The third kappa shape index (κ3) is 3.34. The number of aliphatic carboxylic acids is 1. The summed E-state index contributed by atoms with van der Waals surface area (Å²) in [5, 5.41) is 11.9. The average molecular weight is 292 g/mol. The predicted molar refractivity (Wildman–Crippen MR) is 72.3 cm³/mol. The Morgan fingerprint density at radius 3 is 2.81 bits per heavy atom. The molecule has 2 amide bonds. The fourth-order valence-electron chi connectivity index (χ4n) is 2.33. The highest BCUT2D eigenvalue weighted by atomic mass is 16.4. The molecule has 2 atom stereocenters. The monoisotopic (exact) mass is 292 g/mol. The number of carboxylic acid groups (broad SMARTS) is 1. The Bertz CT molecular complexity index is 548. The molecule has 1 aromatic heterocycles. The van der Waals surface area contributed by atoms with Gasteiger partial charge in [-0.15, -0.1) is 0 Å². The summed E-state index contributed by atoms with van der Waals surface area (Å²) in [5.41, 5.74) is 5.65. The Kier molecular flexibility index (Phi) is 4.49. The largest absolute Gasteiger partial charge is 0.480 e. The Morgan fingerprint density at radius 2 is 2.24 bits per heavy atom. The maximum Gasteiger partial charge on any atom is 0.326 e. The summed E-state index contributed by atoms with van der Waals surface area (Å²) in [6.07, 6.45) is 3.13. The van der Waals surface area contributed by atoms with E-state index in [9.17, 15) is 14.4 Å². The molecule has 1 aromatic rings. The van der Waals surface area contributed by atoms with Gasteiger partial charge < -0.3 is 21.1 Å². The minimum atomic E-state index is -1.10. The average Bonchev–Trinajstić information content (AvgIpc) is 2.91. The van der Waals surface area contributed by atoms with Crippen molar-refractivity contribution in [1.29, 1.82) is 0 Å². The zero-order valence-electron chi connectivity index (χ0n) is 11.2. The molecule has 8 heteroatoms. The van der Waals surface area contributed by atoms with E-state index in [1.807, 2.05) is 0 Å². The van der Waals surface area contributed by atoms with Crippen LogP contribution in [0.3, 0.4) is 0 Å². The quantitative estimate of drug-likeness (QED) is 0.641. The van der Waals surface area contributed by atoms with Crippen LogP contribution in [-0.2, 0) is 9.59 Å². The molecule has 0 aromatic carbocycles. The van der Waals surface area contributed by atoms with E-state index in [-0.39, 0.29) is 25.4 Å². The van der Waals surface area contributed by atoms with Gasteiger partial charge in [-0.1, -0.05) is 0 Å². The molecule has 0 bridgehead atoms. The van der Waals surface area contributed by atoms with Crippen molar-refractivity contribution in [3.05, 3.63) is 30.1 Å². The molecule has 1 aliphatic heterocycles. The molecule has 2 rings (SSSR count). The molecule has 1 saturated heterocycles. The van der Waals surface area contributed by atoms with Gasteiger partial charge >= 0.3 is 5.97 Å². The van der Waals surface area contributed by atoms with Crippen molar-refractivity contribution in [2.75, 3.05) is 13.1 Å². The molecule has 0 aliphatic carbocycles. The van der Waals surface area contributed by atoms with E-state index in [4.69, 9.17) is 10.8 Å². The standard InChI is InChI=1S/C13H16N4O4/c14-5-11(18)17-7-9(4-10(17)13(20)21)16-12(19)8-2-1-3-15-6-8/h1-3,6,9-10H,4-5,7,14H2,(H,16,19)(H,20,21)/t9-,10+/m1/s1. The second-order valence-electron chi connectivity index (χ2n) is 4.75. The minimum absolute atomic E-state index is 0.138. The van der Waals surface area contributed by atoms with Gasteiger partial charge in [-0.25, -0.2) is 4.79 Å². The lowest BCUT2D eigenvalue weighted by atomic mass is 10.1. The van der Waals surface area contributed by atoms with Crippen LogP contribution in [-0.4, -0.2) is 57.9 Å². The number of likely N-dealkylation sites (tertiary alicyclic amines) is 1. The van der Waals surface area contributed by atoms with Gasteiger partial charge in [0.2, 0.25) is 5.91 Å². The minimum Gasteiger partial charge on any atom is -0.480 e. The summed E-state index contributed by atoms with van der Waals surface area (Å²) >= 11 is 0. The number of hydrogen-bond donors (Lipinski definition) is 3. The predicted octanol–water partition coefficient (Wildman–Crippen LogP) is -1.18. The molecule has 0 saturated carbocycles. The van der Waals surface area contributed by atoms with Crippen LogP contribution in [0.1, 0.15) is 16.8 Å². The van der Waals surface area contributed by atoms with Crippen molar-refractivity contribution in [2.24, 2.45) is 5.73 Å². The van der Waals surface area contributed by atoms with Gasteiger partial charge in [0.15, 0.2) is 0 Å². The maximum atomic E-state index is 12.0. The zero-order chi connectivity index (χ0) is 15.4. The van der Waals surface area contributed by atoms with E-state index in [2.05, 4.69) is 10.3 Å². The highest BCUT2D eigenvalue weighted by molar-refractivity contribution is 5.94. The summed E-state index contributed by atoms with van der Waals surface area (Å²) in [6, 6.07) is 1.86. The maximum absolute atomic E-state index is 12.0. The fraction of sp³-hybridized carbons (Fsp3) is 0.385. The van der Waals surface area contributed by atoms with Crippen molar-refractivity contribution in [3.8, 4) is 0 Å². The number of nitrogens with one attached hydrogen (secondary N) is 1. The number of rotatable bonds is 4. The molecular weight excluding hydrogens is 276 g/mol. The van der Waals surface area contributed by atoms with Crippen molar-refractivity contribution in [3.63, 3.8) is 0 Å². The first kappa shape index (κ1) is 14.9. The molecule has 1 aliphatic rings. The fourth-order valence-corrected chi connectivity index (χ4v) is 2.33. The van der Waals surface area contributed by atoms with Crippen LogP contribution >= 0.6 is 0 Å². The normalized spacial score (nSPS) is 21.1. The van der Waals surface area contributed by atoms with Gasteiger partial charge in [0.1, 0.15) is 6.04 Å². The first-order valence-corrected chi connectivity index (χ1v) is 6.46. The second-order valence-corrected chi connectivity index (χ2v) is 4.75. The molecule has 8 nitrogen and oxygen atoms in total. The van der Waals surface area contributed by atoms with Gasteiger partial charge in [0.25, 0.3) is 5.91 Å². The van der Waals surface area contributed by atoms with Gasteiger partial charge in [0.05, 0.1) is 12.1 Å². The van der Waals surface area contributed by atoms with Crippen molar-refractivity contribution >= 4 is 17.8 Å². The first-order chi connectivity index (χ1) is 10.0. The number of carbonyl (C=O) groups excluding carboxylic acids is 2. The van der Waals surface area contributed by atoms with E-state index in [0.29, 0.717) is 5.56 Å². The van der Waals surface area contributed by atoms with Gasteiger partial charge in [-0.05, 0) is 12.1 Å². The van der Waals surface area contributed by atoms with Crippen LogP contribution in [0.15, 0.2) is 24.5 Å². The summed E-state index contributed by atoms with van der Waals surface area (Å²) in [4.78, 5) is 39.9. The van der Waals surface area contributed by atoms with Crippen molar-refractivity contribution < 1.29 is 19.5 Å². The van der Waals surface area contributed by atoms with E-state index in [0.717, 1.165) is 0 Å². The number of nitrogens with two attached hydrogens (primary N) is 1. The summed E-state index contributed by atoms with van der Waals surface area (Å²) in [6.45, 7) is -0.119. The third-order valence-corrected chi connectivity index (χ3v) is 3.34. The number of carbonyl (C=O) groups is 3. The van der Waals surface area contributed by atoms with Gasteiger partial charge in [-0.2, -0.15) is 0 Å². The Morgan fingerprint density at radius 1 is 1.48 bits per heavy atom. The van der Waals surface area contributed by atoms with Crippen LogP contribution in [0.25, 0.3) is 0 Å². The van der Waals surface area contributed by atoms with Crippen LogP contribution in [0, 0.1) is 0 Å². The van der Waals surface area contributed by atoms with Gasteiger partial charge in [-0.3, -0.25) is 14.6 Å². The van der Waals surface area contributed by atoms with E-state index < -0.39 is 24.0 Å². The summed E-state index contributed by atoms with van der Waals surface area (Å²) < 4.78 is 0. The summed E-state index contributed by atoms with van der Waals surface area (Å²) in [5.74, 6) is -1.89. The number of carboxylic acids is 1. The van der Waals surface area contributed by atoms with Crippen LogP contribution in [0.5, 0.6) is 0 Å². The lowest BCUT2D eigenvalue weighted by Gasteiger charge is -2.20. The number of hydrogen-bond acceptors (Lipinski definition) is 5. The highest BCUT2D eigenvalue weighted by Crippen LogP contribution is 2.18. The van der Waals surface area contributed by atoms with E-state index in [1.54, 1.807) is 18.3 Å². The topological polar surface area (TPSA) is 126 Å². The SMILES string of the molecule is NCC(=O)N1C[C@H](NC(=O)c2cccnc2)C[C@H]1C(=O)O. The van der Waals surface area contributed by atoms with Crippen LogP contribution in [0.2, 0.25) is 0 Å². The first-order valence-electron chi connectivity index (χ1n) is 6.46. The second kappa shape index (κ2) is 6.31. The van der Waals surface area contributed by atoms with Crippen molar-refractivity contribution in [2.45, 2.75) is 18.5 Å². The van der Waals surface area contributed by atoms with E-state index >= 15 is 0 Å². The molecule has 21 heavy (non-hydrogen) atoms. The smallest absolute Gasteiger partial charge is 0.326 e. The van der Waals surface area contributed by atoms with Crippen LogP contribution in [0.4, 0.5) is 0 Å². The van der Waals surface area contributed by atoms with Crippen LogP contribution < -0.4 is 11.1 Å². The molecule has 112 valence electrons. The molecule has 0 unspecified atom stereocenters. The Hall–Kier alpha value is -2.48. The Labute approximate surface area is 120 Å². The third-order valence-electron chi connectivity index (χ3n) is 3.34. The number of nitrogens with zero attached hydrogens (tertiary/aromatic N) is 2. The highest BCUT2D eigenvalue weighted by Gasteiger charge is 2.39. The number of aromatic nitrogens is 1. The molecule has 1 fully saturated rings. The van der Waals surface area contributed by atoms with E-state index in [1.165, 1.54) is 11.1 Å². The van der Waals surface area contributed by atoms with Crippen molar-refractivity contribution in [1.82, 2.24) is 15.2 Å². The number of pyridine rings is 1. The Balaban J connectivity index is 2.04.